The van der Waals surface area contributed by atoms with Gasteiger partial charge >= 0.3 is 0 Å². The molecular formula is C14H19N. The fraction of sp³-hybridized carbons (Fsp3) is 0.571. The summed E-state index contributed by atoms with van der Waals surface area (Å²) in [5, 5.41) is 3.51. The van der Waals surface area contributed by atoms with E-state index in [1.54, 1.807) is 0 Å². The van der Waals surface area contributed by atoms with Crippen molar-refractivity contribution in [3.8, 4) is 0 Å². The average molecular weight is 201 g/mol. The van der Waals surface area contributed by atoms with E-state index in [1.165, 1.54) is 37.9 Å². The molecule has 2 fully saturated rings. The molecule has 1 saturated heterocycles. The minimum atomic E-state index is 0.949. The molecule has 1 N–H and O–H groups in total. The Balaban J connectivity index is 1.62. The maximum atomic E-state index is 3.51. The molecule has 1 aliphatic carbocycles. The van der Waals surface area contributed by atoms with E-state index < -0.39 is 0 Å². The Labute approximate surface area is 91.9 Å². The van der Waals surface area contributed by atoms with Crippen molar-refractivity contribution in [2.24, 2.45) is 17.8 Å². The highest BCUT2D eigenvalue weighted by atomic mass is 14.9. The first kappa shape index (κ1) is 9.41. The van der Waals surface area contributed by atoms with Gasteiger partial charge in [0.15, 0.2) is 0 Å². The zero-order valence-corrected chi connectivity index (χ0v) is 9.15. The molecule has 0 amide bonds. The van der Waals surface area contributed by atoms with Crippen LogP contribution in [0, 0.1) is 17.8 Å². The van der Waals surface area contributed by atoms with E-state index in [0.29, 0.717) is 0 Å². The van der Waals surface area contributed by atoms with Crippen LogP contribution >= 0.6 is 0 Å². The van der Waals surface area contributed by atoms with Crippen LogP contribution in [-0.2, 0) is 6.42 Å². The highest BCUT2D eigenvalue weighted by Gasteiger charge is 2.36. The summed E-state index contributed by atoms with van der Waals surface area (Å²) >= 11 is 0. The maximum Gasteiger partial charge on any atom is -0.00172 e. The fourth-order valence-electron chi connectivity index (χ4n) is 3.41. The van der Waals surface area contributed by atoms with Crippen LogP contribution in [-0.4, -0.2) is 13.1 Å². The van der Waals surface area contributed by atoms with Crippen molar-refractivity contribution in [2.75, 3.05) is 13.1 Å². The molecule has 0 aromatic heterocycles. The van der Waals surface area contributed by atoms with Crippen LogP contribution in [0.25, 0.3) is 0 Å². The first-order valence-corrected chi connectivity index (χ1v) is 6.16. The van der Waals surface area contributed by atoms with Gasteiger partial charge in [0.1, 0.15) is 0 Å². The van der Waals surface area contributed by atoms with Gasteiger partial charge < -0.3 is 5.32 Å². The Morgan fingerprint density at radius 2 is 1.67 bits per heavy atom. The average Bonchev–Trinajstić information content (AvgIpc) is 2.79. The van der Waals surface area contributed by atoms with Crippen molar-refractivity contribution in [3.05, 3.63) is 35.9 Å². The lowest BCUT2D eigenvalue weighted by molar-refractivity contribution is 0.490. The highest BCUT2D eigenvalue weighted by molar-refractivity contribution is 5.15. The molecule has 2 aliphatic rings. The Morgan fingerprint density at radius 3 is 2.33 bits per heavy atom. The van der Waals surface area contributed by atoms with Gasteiger partial charge in [-0.3, -0.25) is 0 Å². The van der Waals surface area contributed by atoms with Gasteiger partial charge in [-0.25, -0.2) is 0 Å². The molecule has 3 atom stereocenters. The first-order valence-electron chi connectivity index (χ1n) is 6.16. The van der Waals surface area contributed by atoms with E-state index in [-0.39, 0.29) is 0 Å². The van der Waals surface area contributed by atoms with Crippen LogP contribution in [0.2, 0.25) is 0 Å². The smallest absolute Gasteiger partial charge is 0.00172 e. The molecular weight excluding hydrogens is 182 g/mol. The molecule has 0 unspecified atom stereocenters. The maximum absolute atomic E-state index is 3.51. The third-order valence-corrected chi connectivity index (χ3v) is 4.12. The minimum Gasteiger partial charge on any atom is -0.316 e. The molecule has 0 spiro atoms. The second kappa shape index (κ2) is 3.97. The van der Waals surface area contributed by atoms with E-state index in [4.69, 9.17) is 0 Å². The van der Waals surface area contributed by atoms with Crippen LogP contribution in [0.3, 0.4) is 0 Å². The van der Waals surface area contributed by atoms with Crippen molar-refractivity contribution in [1.29, 1.82) is 0 Å². The molecule has 1 aromatic rings. The van der Waals surface area contributed by atoms with Gasteiger partial charge in [-0.05, 0) is 55.7 Å². The molecule has 1 saturated carbocycles. The summed E-state index contributed by atoms with van der Waals surface area (Å²) in [6, 6.07) is 11.0. The highest BCUT2D eigenvalue weighted by Crippen LogP contribution is 2.39. The number of benzene rings is 1. The van der Waals surface area contributed by atoms with Crippen molar-refractivity contribution in [1.82, 2.24) is 5.32 Å². The SMILES string of the molecule is c1ccc(C[C@@H]2C[C@H]3CNC[C@H]3C2)cc1. The summed E-state index contributed by atoms with van der Waals surface area (Å²) < 4.78 is 0. The lowest BCUT2D eigenvalue weighted by atomic mass is 9.96. The van der Waals surface area contributed by atoms with Crippen LogP contribution in [0.4, 0.5) is 0 Å². The standard InChI is InChI=1S/C14H19N/c1-2-4-11(5-3-1)6-12-7-13-9-15-10-14(13)8-12/h1-5,12-15H,6-10H2/t12-,13+,14-. The van der Waals surface area contributed by atoms with Gasteiger partial charge in [0.2, 0.25) is 0 Å². The zero-order valence-electron chi connectivity index (χ0n) is 9.15. The minimum absolute atomic E-state index is 0.949. The summed E-state index contributed by atoms with van der Waals surface area (Å²) in [5.41, 5.74) is 1.52. The quantitative estimate of drug-likeness (QED) is 0.775. The molecule has 1 nitrogen and oxygen atoms in total. The first-order chi connectivity index (χ1) is 7.42. The molecule has 3 rings (SSSR count). The van der Waals surface area contributed by atoms with Gasteiger partial charge in [0.25, 0.3) is 0 Å². The molecule has 1 heterocycles. The van der Waals surface area contributed by atoms with Crippen LogP contribution < -0.4 is 5.32 Å². The number of fused-ring (bicyclic) bond motifs is 1. The predicted octanol–water partition coefficient (Wildman–Crippen LogP) is 2.47. The molecule has 80 valence electrons. The second-order valence-electron chi connectivity index (χ2n) is 5.21. The van der Waals surface area contributed by atoms with Crippen molar-refractivity contribution < 1.29 is 0 Å². The third kappa shape index (κ3) is 1.93. The largest absolute Gasteiger partial charge is 0.316 e. The monoisotopic (exact) mass is 201 g/mol. The summed E-state index contributed by atoms with van der Waals surface area (Å²) in [7, 11) is 0. The Bertz CT molecular complexity index is 307. The van der Waals surface area contributed by atoms with Crippen molar-refractivity contribution in [2.45, 2.75) is 19.3 Å². The van der Waals surface area contributed by atoms with E-state index >= 15 is 0 Å². The van der Waals surface area contributed by atoms with Gasteiger partial charge in [-0.15, -0.1) is 0 Å². The normalized spacial score (nSPS) is 34.3. The Hall–Kier alpha value is -0.820. The molecule has 0 radical (unpaired) electrons. The number of hydrogen-bond acceptors (Lipinski definition) is 1. The molecule has 1 aromatic carbocycles. The van der Waals surface area contributed by atoms with E-state index in [2.05, 4.69) is 35.6 Å². The number of rotatable bonds is 2. The van der Waals surface area contributed by atoms with E-state index in [9.17, 15) is 0 Å². The van der Waals surface area contributed by atoms with Gasteiger partial charge in [0.05, 0.1) is 0 Å². The molecule has 15 heavy (non-hydrogen) atoms. The van der Waals surface area contributed by atoms with E-state index in [1.807, 2.05) is 0 Å². The Morgan fingerprint density at radius 1 is 1.00 bits per heavy atom. The predicted molar refractivity (Wildman–Crippen MR) is 62.7 cm³/mol. The fourth-order valence-corrected chi connectivity index (χ4v) is 3.41. The lowest BCUT2D eigenvalue weighted by Crippen LogP contribution is -2.12. The molecule has 0 bridgehead atoms. The summed E-state index contributed by atoms with van der Waals surface area (Å²) in [5.74, 6) is 2.92. The Kier molecular flexibility index (Phi) is 2.49. The van der Waals surface area contributed by atoms with Crippen LogP contribution in [0.15, 0.2) is 30.3 Å². The molecule has 1 aliphatic heterocycles. The summed E-state index contributed by atoms with van der Waals surface area (Å²) in [6.45, 7) is 2.55. The van der Waals surface area contributed by atoms with Crippen LogP contribution in [0.5, 0.6) is 0 Å². The van der Waals surface area contributed by atoms with Gasteiger partial charge in [-0.2, -0.15) is 0 Å². The van der Waals surface area contributed by atoms with Crippen molar-refractivity contribution in [3.63, 3.8) is 0 Å². The topological polar surface area (TPSA) is 12.0 Å². The van der Waals surface area contributed by atoms with Gasteiger partial charge in [-0.1, -0.05) is 30.3 Å². The summed E-state index contributed by atoms with van der Waals surface area (Å²) in [6.07, 6.45) is 4.20. The van der Waals surface area contributed by atoms with E-state index in [0.717, 1.165) is 17.8 Å². The lowest BCUT2D eigenvalue weighted by Gasteiger charge is -2.10. The second-order valence-corrected chi connectivity index (χ2v) is 5.21. The summed E-state index contributed by atoms with van der Waals surface area (Å²) in [4.78, 5) is 0. The van der Waals surface area contributed by atoms with Crippen LogP contribution in [0.1, 0.15) is 18.4 Å². The number of nitrogens with one attached hydrogen (secondary N) is 1. The van der Waals surface area contributed by atoms with Gasteiger partial charge in [0, 0.05) is 0 Å². The zero-order chi connectivity index (χ0) is 10.1. The molecule has 1 heteroatoms. The third-order valence-electron chi connectivity index (χ3n) is 4.12. The number of hydrogen-bond donors (Lipinski definition) is 1. The van der Waals surface area contributed by atoms with Crippen molar-refractivity contribution >= 4 is 0 Å².